The molecule has 0 unspecified atom stereocenters. The minimum Gasteiger partial charge on any atom is -0.444 e. The summed E-state index contributed by atoms with van der Waals surface area (Å²) >= 11 is 0. The number of hydrogen-bond acceptors (Lipinski definition) is 2. The fourth-order valence-corrected chi connectivity index (χ4v) is 1.40. The van der Waals surface area contributed by atoms with E-state index in [9.17, 15) is 4.79 Å². The number of ether oxygens (including phenoxy) is 1. The topological polar surface area (TPSA) is 29.5 Å². The van der Waals surface area contributed by atoms with Gasteiger partial charge in [-0.1, -0.05) is 27.7 Å². The minimum absolute atomic E-state index is 0.103. The van der Waals surface area contributed by atoms with Gasteiger partial charge in [0, 0.05) is 13.1 Å². The first-order chi connectivity index (χ1) is 7.05. The van der Waals surface area contributed by atoms with Crippen LogP contribution in [0.25, 0.3) is 0 Å². The maximum absolute atomic E-state index is 11.9. The Morgan fingerprint density at radius 2 is 1.62 bits per heavy atom. The predicted octanol–water partition coefficient (Wildman–Crippen LogP) is 3.68. The number of rotatable bonds is 3. The summed E-state index contributed by atoms with van der Waals surface area (Å²) in [6, 6.07) is 0. The van der Waals surface area contributed by atoms with Gasteiger partial charge in [0.25, 0.3) is 0 Å². The van der Waals surface area contributed by atoms with E-state index in [0.29, 0.717) is 0 Å². The van der Waals surface area contributed by atoms with Crippen LogP contribution in [0, 0.1) is 5.41 Å². The number of amides is 1. The van der Waals surface area contributed by atoms with Crippen molar-refractivity contribution >= 4 is 6.09 Å². The molecule has 0 aliphatic carbocycles. The highest BCUT2D eigenvalue weighted by Crippen LogP contribution is 2.18. The zero-order valence-corrected chi connectivity index (χ0v) is 11.9. The summed E-state index contributed by atoms with van der Waals surface area (Å²) in [5.74, 6) is 0. The molecule has 3 heteroatoms. The van der Waals surface area contributed by atoms with E-state index < -0.39 is 5.60 Å². The van der Waals surface area contributed by atoms with Gasteiger partial charge in [-0.15, -0.1) is 0 Å². The number of nitrogens with zero attached hydrogens (tertiary/aromatic N) is 1. The first kappa shape index (κ1) is 15.3. The summed E-state index contributed by atoms with van der Waals surface area (Å²) in [5.41, 5.74) is -0.312. The minimum atomic E-state index is -0.416. The zero-order valence-electron chi connectivity index (χ0n) is 11.9. The van der Waals surface area contributed by atoms with Gasteiger partial charge >= 0.3 is 6.09 Å². The normalized spacial score (nSPS) is 12.4. The Labute approximate surface area is 100 Å². The van der Waals surface area contributed by atoms with Crippen LogP contribution < -0.4 is 0 Å². The summed E-state index contributed by atoms with van der Waals surface area (Å²) < 4.78 is 5.39. The van der Waals surface area contributed by atoms with Crippen molar-refractivity contribution in [3.8, 4) is 0 Å². The molecule has 0 fully saturated rings. The molecule has 0 heterocycles. The average molecular weight is 229 g/mol. The second-order valence-corrected chi connectivity index (χ2v) is 6.46. The molecule has 0 atom stereocenters. The molecule has 16 heavy (non-hydrogen) atoms. The van der Waals surface area contributed by atoms with Gasteiger partial charge in [0.1, 0.15) is 5.60 Å². The van der Waals surface area contributed by atoms with Crippen LogP contribution in [-0.4, -0.2) is 29.7 Å². The van der Waals surface area contributed by atoms with Crippen LogP contribution in [0.1, 0.15) is 54.9 Å². The van der Waals surface area contributed by atoms with Crippen LogP contribution in [0.5, 0.6) is 0 Å². The Kier molecular flexibility index (Phi) is 5.30. The molecule has 0 aromatic rings. The number of hydrogen-bond donors (Lipinski definition) is 0. The van der Waals surface area contributed by atoms with Crippen LogP contribution in [0.2, 0.25) is 0 Å². The molecule has 96 valence electrons. The van der Waals surface area contributed by atoms with Crippen molar-refractivity contribution in [1.82, 2.24) is 4.90 Å². The third kappa shape index (κ3) is 7.55. The van der Waals surface area contributed by atoms with Crippen LogP contribution >= 0.6 is 0 Å². The molecule has 0 saturated carbocycles. The Morgan fingerprint density at radius 1 is 1.12 bits per heavy atom. The third-order valence-electron chi connectivity index (χ3n) is 1.81. The lowest BCUT2D eigenvalue weighted by atomic mass is 9.96. The molecule has 0 aromatic heterocycles. The standard InChI is InChI=1S/C13H27NO2/c1-8-9-14(10-12(2,3)4)11(15)16-13(5,6)7/h8-10H2,1-7H3. The summed E-state index contributed by atoms with van der Waals surface area (Å²) in [6.45, 7) is 15.6. The fourth-order valence-electron chi connectivity index (χ4n) is 1.40. The molecule has 0 radical (unpaired) electrons. The average Bonchev–Trinajstić information content (AvgIpc) is 1.97. The lowest BCUT2D eigenvalue weighted by Gasteiger charge is -2.31. The monoisotopic (exact) mass is 229 g/mol. The van der Waals surface area contributed by atoms with Gasteiger partial charge in [-0.25, -0.2) is 4.79 Å². The third-order valence-corrected chi connectivity index (χ3v) is 1.81. The largest absolute Gasteiger partial charge is 0.444 e. The Hall–Kier alpha value is -0.730. The molecule has 0 rings (SSSR count). The van der Waals surface area contributed by atoms with Crippen molar-refractivity contribution in [2.24, 2.45) is 5.41 Å². The Morgan fingerprint density at radius 3 is 1.94 bits per heavy atom. The second-order valence-electron chi connectivity index (χ2n) is 6.46. The fraction of sp³-hybridized carbons (Fsp3) is 0.923. The van der Waals surface area contributed by atoms with E-state index in [2.05, 4.69) is 27.7 Å². The van der Waals surface area contributed by atoms with Gasteiger partial charge in [-0.2, -0.15) is 0 Å². The summed E-state index contributed by atoms with van der Waals surface area (Å²) in [5, 5.41) is 0. The molecule has 0 saturated heterocycles. The SMILES string of the molecule is CCCN(CC(C)(C)C)C(=O)OC(C)(C)C. The zero-order chi connectivity index (χ0) is 13.0. The van der Waals surface area contributed by atoms with Gasteiger partial charge < -0.3 is 9.64 Å². The maximum atomic E-state index is 11.9. The van der Waals surface area contributed by atoms with E-state index in [1.165, 1.54) is 0 Å². The highest BCUT2D eigenvalue weighted by molar-refractivity contribution is 5.68. The summed E-state index contributed by atoms with van der Waals surface area (Å²) in [6.07, 6.45) is 0.749. The quantitative estimate of drug-likeness (QED) is 0.739. The van der Waals surface area contributed by atoms with Crippen LogP contribution in [0.3, 0.4) is 0 Å². The van der Waals surface area contributed by atoms with Crippen molar-refractivity contribution in [2.45, 2.75) is 60.5 Å². The highest BCUT2D eigenvalue weighted by atomic mass is 16.6. The molecule has 3 nitrogen and oxygen atoms in total. The first-order valence-corrected chi connectivity index (χ1v) is 6.03. The van der Waals surface area contributed by atoms with Crippen molar-refractivity contribution < 1.29 is 9.53 Å². The van der Waals surface area contributed by atoms with Gasteiger partial charge in [0.15, 0.2) is 0 Å². The molecule has 0 aliphatic rings. The summed E-state index contributed by atoms with van der Waals surface area (Å²) in [7, 11) is 0. The molecular formula is C13H27NO2. The van der Waals surface area contributed by atoms with Gasteiger partial charge in [0.05, 0.1) is 0 Å². The molecular weight excluding hydrogens is 202 g/mol. The Balaban J connectivity index is 4.47. The molecule has 0 N–H and O–H groups in total. The number of carbonyl (C=O) groups is 1. The van der Waals surface area contributed by atoms with Crippen molar-refractivity contribution in [1.29, 1.82) is 0 Å². The van der Waals surface area contributed by atoms with Gasteiger partial charge in [-0.3, -0.25) is 0 Å². The van der Waals surface area contributed by atoms with Crippen LogP contribution in [0.15, 0.2) is 0 Å². The van der Waals surface area contributed by atoms with E-state index in [1.807, 2.05) is 20.8 Å². The smallest absolute Gasteiger partial charge is 0.410 e. The van der Waals surface area contributed by atoms with E-state index in [4.69, 9.17) is 4.74 Å². The molecule has 0 bridgehead atoms. The van der Waals surface area contributed by atoms with Crippen LogP contribution in [0.4, 0.5) is 4.79 Å². The molecule has 0 aliphatic heterocycles. The maximum Gasteiger partial charge on any atom is 0.410 e. The van der Waals surface area contributed by atoms with E-state index in [-0.39, 0.29) is 11.5 Å². The van der Waals surface area contributed by atoms with Crippen molar-refractivity contribution in [2.75, 3.05) is 13.1 Å². The molecule has 1 amide bonds. The van der Waals surface area contributed by atoms with E-state index in [1.54, 1.807) is 4.90 Å². The van der Waals surface area contributed by atoms with Crippen molar-refractivity contribution in [3.05, 3.63) is 0 Å². The van der Waals surface area contributed by atoms with Crippen molar-refractivity contribution in [3.63, 3.8) is 0 Å². The molecule has 0 aromatic carbocycles. The lowest BCUT2D eigenvalue weighted by molar-refractivity contribution is 0.0188. The Bertz CT molecular complexity index is 223. The van der Waals surface area contributed by atoms with E-state index >= 15 is 0 Å². The second kappa shape index (κ2) is 5.55. The summed E-state index contributed by atoms with van der Waals surface area (Å²) in [4.78, 5) is 13.7. The predicted molar refractivity (Wildman–Crippen MR) is 67.6 cm³/mol. The number of carbonyl (C=O) groups excluding carboxylic acids is 1. The molecule has 0 spiro atoms. The highest BCUT2D eigenvalue weighted by Gasteiger charge is 2.25. The van der Waals surface area contributed by atoms with Crippen LogP contribution in [-0.2, 0) is 4.74 Å². The van der Waals surface area contributed by atoms with Gasteiger partial charge in [0.2, 0.25) is 0 Å². The van der Waals surface area contributed by atoms with E-state index in [0.717, 1.165) is 19.5 Å². The lowest BCUT2D eigenvalue weighted by Crippen LogP contribution is -2.41. The first-order valence-electron chi connectivity index (χ1n) is 6.03. The van der Waals surface area contributed by atoms with Gasteiger partial charge in [-0.05, 0) is 32.6 Å².